The maximum atomic E-state index is 14.0. The van der Waals surface area contributed by atoms with Crippen LogP contribution in [0.15, 0.2) is 42.5 Å². The molecule has 0 spiro atoms. The number of nitrogens with one attached hydrogen (secondary N) is 1. The van der Waals surface area contributed by atoms with Gasteiger partial charge in [0, 0.05) is 30.4 Å². The number of hydrogen-bond donors (Lipinski definition) is 2. The Labute approximate surface area is 185 Å². The molecule has 2 aromatic carbocycles. The zero-order valence-corrected chi connectivity index (χ0v) is 17.2. The van der Waals surface area contributed by atoms with Crippen LogP contribution in [0.5, 0.6) is 5.75 Å². The second-order valence-corrected chi connectivity index (χ2v) is 8.10. The van der Waals surface area contributed by atoms with Gasteiger partial charge in [0.25, 0.3) is 5.91 Å². The second-order valence-electron chi connectivity index (χ2n) is 8.10. The lowest BCUT2D eigenvalue weighted by Gasteiger charge is -2.36. The molecular weight excluding hydrogens is 442 g/mol. The summed E-state index contributed by atoms with van der Waals surface area (Å²) in [6, 6.07) is 7.05. The summed E-state index contributed by atoms with van der Waals surface area (Å²) in [6.07, 6.45) is -3.36. The van der Waals surface area contributed by atoms with Crippen LogP contribution in [-0.2, 0) is 10.9 Å². The van der Waals surface area contributed by atoms with E-state index < -0.39 is 23.6 Å². The van der Waals surface area contributed by atoms with Gasteiger partial charge >= 0.3 is 6.18 Å². The van der Waals surface area contributed by atoms with Gasteiger partial charge < -0.3 is 14.7 Å². The molecule has 2 aliphatic heterocycles. The van der Waals surface area contributed by atoms with E-state index >= 15 is 0 Å². The number of aromatic hydroxyl groups is 1. The van der Waals surface area contributed by atoms with Crippen molar-refractivity contribution in [2.75, 3.05) is 13.2 Å². The Bertz CT molecular complexity index is 1200. The van der Waals surface area contributed by atoms with E-state index in [-0.39, 0.29) is 34.6 Å². The molecule has 0 aliphatic carbocycles. The maximum absolute atomic E-state index is 14.0. The molecule has 0 saturated carbocycles. The van der Waals surface area contributed by atoms with E-state index in [1.165, 1.54) is 18.2 Å². The Morgan fingerprint density at radius 1 is 1.09 bits per heavy atom. The van der Waals surface area contributed by atoms with Gasteiger partial charge in [-0.1, -0.05) is 12.1 Å². The van der Waals surface area contributed by atoms with Gasteiger partial charge in [-0.05, 0) is 48.7 Å². The van der Waals surface area contributed by atoms with E-state index in [0.717, 1.165) is 24.3 Å². The average Bonchev–Trinajstić information content (AvgIpc) is 3.34. The summed E-state index contributed by atoms with van der Waals surface area (Å²) in [5.41, 5.74) is 0.488. The molecule has 6 nitrogen and oxygen atoms in total. The zero-order chi connectivity index (χ0) is 23.3. The van der Waals surface area contributed by atoms with Crippen LogP contribution in [0.3, 0.4) is 0 Å². The molecule has 2 aliphatic rings. The molecule has 0 bridgehead atoms. The quantitative estimate of drug-likeness (QED) is 0.556. The van der Waals surface area contributed by atoms with Gasteiger partial charge in [0.1, 0.15) is 23.0 Å². The number of hydrogen-bond acceptors (Lipinski definition) is 4. The number of aromatic amines is 1. The lowest BCUT2D eigenvalue weighted by Crippen LogP contribution is -2.42. The van der Waals surface area contributed by atoms with Crippen LogP contribution in [0.25, 0.3) is 11.3 Å². The standard InChI is InChI=1S/C23H19F4N3O3/c24-14-5-6-17(31)16(11-14)19-18-20(29-28-19)22(32)30(15-7-9-33-10-8-15)21(18)12-1-3-13(4-2-12)23(25,26)27/h1-6,11,15,21,31H,7-10H2,(H,28,29). The molecule has 1 fully saturated rings. The molecule has 5 rings (SSSR count). The van der Waals surface area contributed by atoms with Crippen LogP contribution in [0, 0.1) is 5.82 Å². The number of nitrogens with zero attached hydrogens (tertiary/aromatic N) is 2. The predicted octanol–water partition coefficient (Wildman–Crippen LogP) is 4.66. The van der Waals surface area contributed by atoms with Gasteiger partial charge in [-0.3, -0.25) is 9.89 Å². The van der Waals surface area contributed by atoms with Crippen molar-refractivity contribution in [3.63, 3.8) is 0 Å². The third kappa shape index (κ3) is 3.64. The Balaban J connectivity index is 1.66. The third-order valence-electron chi connectivity index (χ3n) is 6.16. The van der Waals surface area contributed by atoms with E-state index in [0.29, 0.717) is 37.2 Å². The smallest absolute Gasteiger partial charge is 0.416 e. The number of ether oxygens (including phenoxy) is 1. The van der Waals surface area contributed by atoms with E-state index in [2.05, 4.69) is 10.2 Å². The summed E-state index contributed by atoms with van der Waals surface area (Å²) in [5.74, 6) is -1.18. The average molecular weight is 461 g/mol. The Morgan fingerprint density at radius 3 is 2.45 bits per heavy atom. The largest absolute Gasteiger partial charge is 0.507 e. The molecule has 1 aromatic heterocycles. The van der Waals surface area contributed by atoms with Crippen molar-refractivity contribution in [2.24, 2.45) is 0 Å². The second kappa shape index (κ2) is 7.87. The summed E-state index contributed by atoms with van der Waals surface area (Å²) in [7, 11) is 0. The van der Waals surface area contributed by atoms with Crippen LogP contribution >= 0.6 is 0 Å². The number of halogens is 4. The van der Waals surface area contributed by atoms with Crippen molar-refractivity contribution < 1.29 is 32.2 Å². The molecule has 1 saturated heterocycles. The molecule has 2 N–H and O–H groups in total. The zero-order valence-electron chi connectivity index (χ0n) is 17.2. The molecule has 1 amide bonds. The number of carbonyl (C=O) groups is 1. The lowest BCUT2D eigenvalue weighted by atomic mass is 9.93. The number of phenols is 1. The van der Waals surface area contributed by atoms with Crippen LogP contribution in [0.1, 0.15) is 46.1 Å². The fraction of sp³-hybridized carbons (Fsp3) is 0.304. The monoisotopic (exact) mass is 461 g/mol. The van der Waals surface area contributed by atoms with E-state index in [9.17, 15) is 27.5 Å². The number of aromatic nitrogens is 2. The van der Waals surface area contributed by atoms with Gasteiger partial charge in [0.2, 0.25) is 0 Å². The first-order valence-corrected chi connectivity index (χ1v) is 10.4. The van der Waals surface area contributed by atoms with E-state index in [4.69, 9.17) is 4.74 Å². The first-order valence-electron chi connectivity index (χ1n) is 10.4. The summed E-state index contributed by atoms with van der Waals surface area (Å²) >= 11 is 0. The molecule has 1 atom stereocenters. The highest BCUT2D eigenvalue weighted by Gasteiger charge is 2.46. The molecular formula is C23H19F4N3O3. The summed E-state index contributed by atoms with van der Waals surface area (Å²) in [4.78, 5) is 15.0. The van der Waals surface area contributed by atoms with Crippen LogP contribution in [-0.4, -0.2) is 45.4 Å². The summed E-state index contributed by atoms with van der Waals surface area (Å²) in [5, 5.41) is 17.2. The Hall–Kier alpha value is -3.40. The molecule has 33 heavy (non-hydrogen) atoms. The number of carbonyl (C=O) groups excluding carboxylic acids is 1. The SMILES string of the molecule is O=C1c2[nH]nc(-c3cc(F)ccc3O)c2C(c2ccc(C(F)(F)F)cc2)N1C1CCOCC1. The van der Waals surface area contributed by atoms with Crippen molar-refractivity contribution in [3.05, 3.63) is 70.7 Å². The minimum absolute atomic E-state index is 0.0889. The van der Waals surface area contributed by atoms with Crippen LogP contribution < -0.4 is 0 Å². The van der Waals surface area contributed by atoms with Crippen LogP contribution in [0.2, 0.25) is 0 Å². The highest BCUT2D eigenvalue weighted by Crippen LogP contribution is 2.46. The fourth-order valence-electron chi connectivity index (χ4n) is 4.59. The highest BCUT2D eigenvalue weighted by molar-refractivity contribution is 6.00. The molecule has 172 valence electrons. The first-order chi connectivity index (χ1) is 15.8. The Morgan fingerprint density at radius 2 is 1.79 bits per heavy atom. The number of alkyl halides is 3. The lowest BCUT2D eigenvalue weighted by molar-refractivity contribution is -0.137. The number of benzene rings is 2. The summed E-state index contributed by atoms with van der Waals surface area (Å²) < 4.78 is 58.8. The number of phenolic OH excluding ortho intramolecular Hbond substituents is 1. The number of H-pyrrole nitrogens is 1. The summed E-state index contributed by atoms with van der Waals surface area (Å²) in [6.45, 7) is 0.913. The van der Waals surface area contributed by atoms with Crippen molar-refractivity contribution in [2.45, 2.75) is 31.1 Å². The van der Waals surface area contributed by atoms with Gasteiger partial charge in [0.05, 0.1) is 11.6 Å². The number of rotatable bonds is 3. The highest BCUT2D eigenvalue weighted by atomic mass is 19.4. The topological polar surface area (TPSA) is 78.5 Å². The number of fused-ring (bicyclic) bond motifs is 1. The number of amides is 1. The molecule has 1 unspecified atom stereocenters. The van der Waals surface area contributed by atoms with E-state index in [1.54, 1.807) is 4.90 Å². The van der Waals surface area contributed by atoms with Crippen molar-refractivity contribution in [1.29, 1.82) is 0 Å². The predicted molar refractivity (Wildman–Crippen MR) is 109 cm³/mol. The molecule has 0 radical (unpaired) electrons. The van der Waals surface area contributed by atoms with Crippen molar-refractivity contribution in [1.82, 2.24) is 15.1 Å². The van der Waals surface area contributed by atoms with Gasteiger partial charge in [0.15, 0.2) is 0 Å². The van der Waals surface area contributed by atoms with E-state index in [1.807, 2.05) is 0 Å². The Kier molecular flexibility index (Phi) is 5.12. The maximum Gasteiger partial charge on any atom is 0.416 e. The molecule has 10 heteroatoms. The normalized spacial score (nSPS) is 19.2. The van der Waals surface area contributed by atoms with Crippen molar-refractivity contribution in [3.8, 4) is 17.0 Å². The fourth-order valence-corrected chi connectivity index (χ4v) is 4.59. The van der Waals surface area contributed by atoms with Gasteiger partial charge in [-0.25, -0.2) is 4.39 Å². The third-order valence-corrected chi connectivity index (χ3v) is 6.16. The van der Waals surface area contributed by atoms with Crippen LogP contribution in [0.4, 0.5) is 17.6 Å². The first kappa shape index (κ1) is 21.4. The van der Waals surface area contributed by atoms with Gasteiger partial charge in [-0.2, -0.15) is 18.3 Å². The minimum Gasteiger partial charge on any atom is -0.507 e. The van der Waals surface area contributed by atoms with Crippen molar-refractivity contribution >= 4 is 5.91 Å². The molecule has 3 heterocycles. The molecule has 3 aromatic rings. The van der Waals surface area contributed by atoms with Gasteiger partial charge in [-0.15, -0.1) is 0 Å². The minimum atomic E-state index is -4.50.